The Balaban J connectivity index is 1.06. The van der Waals surface area contributed by atoms with Crippen LogP contribution in [0.4, 0.5) is 4.39 Å². The SMILES string of the molecule is [2H]c1cc2c(oc3c(-c4ccc(C([2H])([2H])C(C)(C)c5cc(C([2H])([2H])C(C)(C)c6ccc(-c7ccccc7)nc6)cc(C([2H])([2H])C(C)(C)c6ccc(-c7ccccc7)nc6)c5)cn4)cccc32)c(-c2c([2H])c([2H])c([2H])c([2H])c2[2H])c1F. The van der Waals surface area contributed by atoms with E-state index in [1.54, 1.807) is 102 Å². The van der Waals surface area contributed by atoms with Gasteiger partial charge in [0.25, 0.3) is 0 Å². The lowest BCUT2D eigenvalue weighted by atomic mass is 9.73. The van der Waals surface area contributed by atoms with Crippen molar-refractivity contribution in [3.63, 3.8) is 0 Å². The van der Waals surface area contributed by atoms with Crippen molar-refractivity contribution < 1.29 is 25.3 Å². The Bertz CT molecular complexity index is 3860. The minimum Gasteiger partial charge on any atom is -0.455 e. The molecular formula is C63H56FN3O. The van der Waals surface area contributed by atoms with Gasteiger partial charge >= 0.3 is 0 Å². The summed E-state index contributed by atoms with van der Waals surface area (Å²) in [5, 5.41) is 0.701. The maximum absolute atomic E-state index is 16.1. The normalized spacial score (nSPS) is 15.4. The Hall–Kier alpha value is -7.50. The van der Waals surface area contributed by atoms with Gasteiger partial charge in [-0.2, -0.15) is 0 Å². The van der Waals surface area contributed by atoms with Crippen molar-refractivity contribution in [3.05, 3.63) is 234 Å². The number of pyridine rings is 3. The summed E-state index contributed by atoms with van der Waals surface area (Å²) in [5.41, 5.74) is 1.14. The molecule has 0 saturated carbocycles. The molecule has 0 radical (unpaired) electrons. The predicted molar refractivity (Wildman–Crippen MR) is 278 cm³/mol. The second-order valence-corrected chi connectivity index (χ2v) is 18.6. The summed E-state index contributed by atoms with van der Waals surface area (Å²) in [6.07, 6.45) is -1.91. The first-order chi connectivity index (χ1) is 37.6. The van der Waals surface area contributed by atoms with E-state index in [0.717, 1.165) is 22.5 Å². The summed E-state index contributed by atoms with van der Waals surface area (Å²) in [6.45, 7) is 10.5. The lowest BCUT2D eigenvalue weighted by Gasteiger charge is -2.31. The summed E-state index contributed by atoms with van der Waals surface area (Å²) in [5.74, 6) is -1.13. The van der Waals surface area contributed by atoms with Crippen molar-refractivity contribution in [2.24, 2.45) is 0 Å². The van der Waals surface area contributed by atoms with Crippen molar-refractivity contribution in [1.82, 2.24) is 15.0 Å². The quantitative estimate of drug-likeness (QED) is 0.116. The van der Waals surface area contributed by atoms with E-state index in [4.69, 9.17) is 27.6 Å². The summed E-state index contributed by atoms with van der Waals surface area (Å²) in [7, 11) is 0. The van der Waals surface area contributed by atoms with Crippen LogP contribution < -0.4 is 0 Å². The highest BCUT2D eigenvalue weighted by molar-refractivity contribution is 6.12. The number of rotatable bonds is 13. The average molecular weight is 902 g/mol. The predicted octanol–water partition coefficient (Wildman–Crippen LogP) is 16.1. The first-order valence-corrected chi connectivity index (χ1v) is 22.5. The fourth-order valence-electron chi connectivity index (χ4n) is 8.72. The third kappa shape index (κ3) is 9.01. The Morgan fingerprint density at radius 3 is 1.54 bits per heavy atom. The first-order valence-electron chi connectivity index (χ1n) is 28.5. The molecule has 0 amide bonds. The van der Waals surface area contributed by atoms with Gasteiger partial charge in [-0.25, -0.2) is 4.39 Å². The van der Waals surface area contributed by atoms with Gasteiger partial charge in [0.05, 0.1) is 30.9 Å². The second kappa shape index (κ2) is 18.0. The monoisotopic (exact) mass is 902 g/mol. The number of benzene rings is 6. The zero-order chi connectivity index (χ0) is 57.6. The average Bonchev–Trinajstić information content (AvgIpc) is 3.83. The van der Waals surface area contributed by atoms with Crippen molar-refractivity contribution in [3.8, 4) is 44.9 Å². The van der Waals surface area contributed by atoms with Gasteiger partial charge in [-0.3, -0.25) is 15.0 Å². The van der Waals surface area contributed by atoms with Crippen LogP contribution >= 0.6 is 0 Å². The molecule has 0 fully saturated rings. The number of halogens is 1. The fraction of sp³-hybridized carbons (Fsp3) is 0.190. The summed E-state index contributed by atoms with van der Waals surface area (Å²) in [4.78, 5) is 14.2. The molecule has 336 valence electrons. The highest BCUT2D eigenvalue weighted by Crippen LogP contribution is 2.41. The Kier molecular flexibility index (Phi) is 8.51. The molecule has 4 heterocycles. The zero-order valence-electron chi connectivity index (χ0n) is 50.6. The zero-order valence-corrected chi connectivity index (χ0v) is 38.6. The third-order valence-corrected chi connectivity index (χ3v) is 12.5. The van der Waals surface area contributed by atoms with Crippen molar-refractivity contribution >= 4 is 21.9 Å². The van der Waals surface area contributed by atoms with E-state index in [1.165, 1.54) is 12.3 Å². The number of para-hydroxylation sites is 1. The topological polar surface area (TPSA) is 51.8 Å². The smallest absolute Gasteiger partial charge is 0.146 e. The molecule has 0 N–H and O–H groups in total. The molecule has 10 rings (SSSR count). The van der Waals surface area contributed by atoms with Gasteiger partial charge in [0.15, 0.2) is 0 Å². The summed E-state index contributed by atoms with van der Waals surface area (Å²) < 4.78 is 133. The summed E-state index contributed by atoms with van der Waals surface area (Å²) in [6, 6.07) is 37.3. The van der Waals surface area contributed by atoms with Gasteiger partial charge in [0.1, 0.15) is 17.0 Å². The number of aromatic nitrogens is 3. The van der Waals surface area contributed by atoms with Gasteiger partial charge in [0, 0.05) is 54.3 Å². The van der Waals surface area contributed by atoms with E-state index in [9.17, 15) is 8.22 Å². The Morgan fingerprint density at radius 2 is 1.00 bits per heavy atom. The number of nitrogens with zero attached hydrogens (tertiary/aromatic N) is 3. The molecule has 0 saturated heterocycles. The van der Waals surface area contributed by atoms with Gasteiger partial charge in [-0.1, -0.05) is 181 Å². The van der Waals surface area contributed by atoms with Crippen LogP contribution in [-0.4, -0.2) is 15.0 Å². The van der Waals surface area contributed by atoms with Crippen LogP contribution in [0.25, 0.3) is 66.8 Å². The van der Waals surface area contributed by atoms with E-state index in [2.05, 4.69) is 0 Å². The second-order valence-electron chi connectivity index (χ2n) is 18.6. The number of hydrogen-bond acceptors (Lipinski definition) is 4. The lowest BCUT2D eigenvalue weighted by molar-refractivity contribution is 0.499. The molecular weight excluding hydrogens is 834 g/mol. The molecule has 0 bridgehead atoms. The maximum atomic E-state index is 16.1. The molecule has 68 heavy (non-hydrogen) atoms. The molecule has 4 aromatic heterocycles. The van der Waals surface area contributed by atoms with Crippen LogP contribution in [0.3, 0.4) is 0 Å². The minimum absolute atomic E-state index is 0.133. The molecule has 0 unspecified atom stereocenters. The summed E-state index contributed by atoms with van der Waals surface area (Å²) >= 11 is 0. The molecule has 6 aromatic carbocycles. The Labute approximate surface area is 416 Å². The van der Waals surface area contributed by atoms with E-state index in [0.29, 0.717) is 33.3 Å². The Morgan fingerprint density at radius 1 is 0.471 bits per heavy atom. The van der Waals surface area contributed by atoms with Crippen LogP contribution in [0.15, 0.2) is 199 Å². The molecule has 0 spiro atoms. The van der Waals surface area contributed by atoms with Gasteiger partial charge in [-0.05, 0) is 111 Å². The molecule has 0 aliphatic rings. The largest absolute Gasteiger partial charge is 0.455 e. The molecule has 0 atom stereocenters. The maximum Gasteiger partial charge on any atom is 0.146 e. The van der Waals surface area contributed by atoms with Crippen LogP contribution in [0, 0.1) is 5.82 Å². The fourth-order valence-corrected chi connectivity index (χ4v) is 8.72. The molecule has 0 aliphatic heterocycles. The number of furan rings is 1. The number of fused-ring (bicyclic) bond motifs is 3. The number of hydrogen-bond donors (Lipinski definition) is 0. The molecule has 0 aliphatic carbocycles. The first kappa shape index (κ1) is 32.2. The van der Waals surface area contributed by atoms with Gasteiger partial charge < -0.3 is 4.42 Å². The van der Waals surface area contributed by atoms with Crippen LogP contribution in [0.2, 0.25) is 0 Å². The molecule has 4 nitrogen and oxygen atoms in total. The van der Waals surface area contributed by atoms with E-state index < -0.39 is 88.6 Å². The van der Waals surface area contributed by atoms with Gasteiger partial charge in [-0.15, -0.1) is 0 Å². The minimum atomic E-state index is -2.25. The molecule has 10 aromatic rings. The van der Waals surface area contributed by atoms with Crippen LogP contribution in [0.5, 0.6) is 0 Å². The van der Waals surface area contributed by atoms with Crippen molar-refractivity contribution in [1.29, 1.82) is 0 Å². The highest BCUT2D eigenvalue weighted by Gasteiger charge is 2.29. The van der Waals surface area contributed by atoms with Gasteiger partial charge in [0.2, 0.25) is 0 Å². The van der Waals surface area contributed by atoms with E-state index in [1.807, 2.05) is 84.9 Å². The lowest BCUT2D eigenvalue weighted by Crippen LogP contribution is -2.25. The van der Waals surface area contributed by atoms with E-state index >= 15 is 4.39 Å². The van der Waals surface area contributed by atoms with Crippen LogP contribution in [0.1, 0.15) is 91.4 Å². The van der Waals surface area contributed by atoms with Crippen molar-refractivity contribution in [2.75, 3.05) is 0 Å². The third-order valence-electron chi connectivity index (χ3n) is 12.5. The van der Waals surface area contributed by atoms with Crippen LogP contribution in [-0.2, 0) is 35.4 Å². The van der Waals surface area contributed by atoms with E-state index in [-0.39, 0.29) is 33.2 Å². The van der Waals surface area contributed by atoms with Crippen molar-refractivity contribution in [2.45, 2.75) is 76.9 Å². The highest BCUT2D eigenvalue weighted by atomic mass is 19.1. The molecule has 5 heteroatoms. The standard InChI is InChI=1S/C63H56FN3O/c1-61(2,48-26-31-55(66-40-48)45-17-10-7-11-18-45)37-43-33-44(38-62(3,4)49-27-32-56(67-41-49)46-19-12-8-13-20-46)35-50(34-43)63(5,6)36-42-25-30-57(65-39-42)53-24-16-23-51-52-28-29-54(64)58(60(52)68-59(51)53)47-21-14-9-15-22-47/h7-35,39-41H,36-38H2,1-6H3/i9D,14D,15D,21D,22D,29D,36D2,37D2,38D2.